The van der Waals surface area contributed by atoms with Crippen molar-refractivity contribution in [3.63, 3.8) is 0 Å². The summed E-state index contributed by atoms with van der Waals surface area (Å²) in [5.74, 6) is 0.0922. The molecular weight excluding hydrogens is 463 g/mol. The molecule has 1 saturated heterocycles. The van der Waals surface area contributed by atoms with E-state index in [0.717, 1.165) is 16.8 Å². The van der Waals surface area contributed by atoms with Crippen molar-refractivity contribution in [1.82, 2.24) is 10.4 Å². The van der Waals surface area contributed by atoms with Crippen molar-refractivity contribution in [2.45, 2.75) is 0 Å². The minimum absolute atomic E-state index is 0.222. The summed E-state index contributed by atoms with van der Waals surface area (Å²) in [6.45, 7) is 0. The molecule has 0 atom stereocenters. The van der Waals surface area contributed by atoms with Crippen molar-refractivity contribution in [2.75, 3.05) is 0 Å². The van der Waals surface area contributed by atoms with E-state index in [1.165, 1.54) is 0 Å². The zero-order valence-corrected chi connectivity index (χ0v) is 18.2. The van der Waals surface area contributed by atoms with Crippen LogP contribution in [-0.2, 0) is 4.79 Å². The fourth-order valence-electron chi connectivity index (χ4n) is 2.72. The molecule has 1 fully saturated rings. The predicted molar refractivity (Wildman–Crippen MR) is 123 cm³/mol. The van der Waals surface area contributed by atoms with Gasteiger partial charge in [0, 0.05) is 17.2 Å². The van der Waals surface area contributed by atoms with E-state index in [2.05, 4.69) is 5.43 Å². The summed E-state index contributed by atoms with van der Waals surface area (Å²) < 4.78 is 6.02. The number of benzene rings is 2. The molecule has 1 aliphatic rings. The zero-order chi connectivity index (χ0) is 21.3. The maximum Gasteiger partial charge on any atom is 0.285 e. The van der Waals surface area contributed by atoms with E-state index >= 15 is 0 Å². The molecule has 3 aromatic rings. The normalized spacial score (nSPS) is 15.1. The van der Waals surface area contributed by atoms with Crippen LogP contribution in [0, 0.1) is 0 Å². The minimum atomic E-state index is -0.437. The van der Waals surface area contributed by atoms with Crippen molar-refractivity contribution < 1.29 is 14.0 Å². The largest absolute Gasteiger partial charge is 0.457 e. The number of hydrogen-bond acceptors (Lipinski definition) is 5. The molecule has 30 heavy (non-hydrogen) atoms. The Morgan fingerprint density at radius 3 is 2.60 bits per heavy atom. The van der Waals surface area contributed by atoms with Crippen LogP contribution >= 0.6 is 47.2 Å². The average molecular weight is 475 g/mol. The third-order valence-electron chi connectivity index (χ3n) is 4.16. The molecule has 2 aromatic carbocycles. The first-order chi connectivity index (χ1) is 14.4. The Morgan fingerprint density at radius 1 is 1.07 bits per heavy atom. The molecule has 5 nitrogen and oxygen atoms in total. The molecule has 0 bridgehead atoms. The van der Waals surface area contributed by atoms with Gasteiger partial charge in [0.1, 0.15) is 11.5 Å². The van der Waals surface area contributed by atoms with E-state index in [1.54, 1.807) is 66.7 Å². The fraction of sp³-hybridized carbons (Fsp3) is 0. The molecule has 0 radical (unpaired) electrons. The van der Waals surface area contributed by atoms with E-state index in [9.17, 15) is 9.59 Å². The van der Waals surface area contributed by atoms with Crippen LogP contribution in [0.15, 0.2) is 70.0 Å². The van der Waals surface area contributed by atoms with Crippen molar-refractivity contribution in [3.8, 4) is 11.3 Å². The summed E-state index contributed by atoms with van der Waals surface area (Å²) in [6.07, 6.45) is 1.57. The molecule has 0 saturated carbocycles. The molecule has 0 aliphatic carbocycles. The maximum absolute atomic E-state index is 12.7. The number of carbonyl (C=O) groups is 2. The van der Waals surface area contributed by atoms with Crippen LogP contribution in [0.4, 0.5) is 0 Å². The van der Waals surface area contributed by atoms with Gasteiger partial charge in [-0.15, -0.1) is 0 Å². The summed E-state index contributed by atoms with van der Waals surface area (Å²) in [5.41, 5.74) is 3.60. The second-order valence-electron chi connectivity index (χ2n) is 6.13. The Morgan fingerprint density at radius 2 is 1.83 bits per heavy atom. The first kappa shape index (κ1) is 20.7. The Kier molecular flexibility index (Phi) is 5.97. The molecule has 1 aliphatic heterocycles. The first-order valence-corrected chi connectivity index (χ1v) is 10.6. The van der Waals surface area contributed by atoms with E-state index in [-0.39, 0.29) is 4.32 Å². The van der Waals surface area contributed by atoms with Crippen LogP contribution in [0.5, 0.6) is 0 Å². The molecular formula is C21H12Cl2N2O3S2. The monoisotopic (exact) mass is 474 g/mol. The number of hydrazine groups is 1. The van der Waals surface area contributed by atoms with E-state index in [0.29, 0.717) is 37.6 Å². The van der Waals surface area contributed by atoms with Gasteiger partial charge in [-0.25, -0.2) is 0 Å². The van der Waals surface area contributed by atoms with Gasteiger partial charge in [-0.3, -0.25) is 15.0 Å². The zero-order valence-electron chi connectivity index (χ0n) is 15.1. The molecule has 150 valence electrons. The first-order valence-electron chi connectivity index (χ1n) is 8.62. The highest BCUT2D eigenvalue weighted by molar-refractivity contribution is 8.26. The van der Waals surface area contributed by atoms with Crippen LogP contribution in [0.1, 0.15) is 16.1 Å². The lowest BCUT2D eigenvalue weighted by molar-refractivity contribution is -0.123. The standard InChI is InChI=1S/C21H12Cl2N2O3S2/c22-15-8-4-7-14(18(15)23)16-10-9-13(28-16)11-17-20(27)25(21(29)30-17)24-19(26)12-5-2-1-3-6-12/h1-11H,(H,24,26)/b17-11+. The van der Waals surface area contributed by atoms with Gasteiger partial charge in [-0.1, -0.05) is 59.2 Å². The highest BCUT2D eigenvalue weighted by Crippen LogP contribution is 2.36. The number of nitrogens with one attached hydrogen (secondary N) is 1. The average Bonchev–Trinajstić information content (AvgIpc) is 3.31. The maximum atomic E-state index is 12.7. The summed E-state index contributed by atoms with van der Waals surface area (Å²) >= 11 is 18.6. The van der Waals surface area contributed by atoms with Gasteiger partial charge in [0.2, 0.25) is 0 Å². The smallest absolute Gasteiger partial charge is 0.285 e. The number of carbonyl (C=O) groups excluding carboxylic acids is 2. The number of thiocarbonyl (C=S) groups is 1. The molecule has 1 N–H and O–H groups in total. The van der Waals surface area contributed by atoms with Gasteiger partial charge in [-0.05, 0) is 48.6 Å². The Bertz CT molecular complexity index is 1190. The van der Waals surface area contributed by atoms with E-state index < -0.39 is 11.8 Å². The fourth-order valence-corrected chi connectivity index (χ4v) is 4.27. The number of furan rings is 1. The highest BCUT2D eigenvalue weighted by atomic mass is 35.5. The van der Waals surface area contributed by atoms with Crippen LogP contribution in [0.2, 0.25) is 10.0 Å². The van der Waals surface area contributed by atoms with Crippen LogP contribution in [-0.4, -0.2) is 21.1 Å². The summed E-state index contributed by atoms with van der Waals surface area (Å²) in [5, 5.41) is 1.86. The SMILES string of the molecule is O=C(NN1C(=O)/C(=C\c2ccc(-c3cccc(Cl)c3Cl)o2)SC1=S)c1ccccc1. The second kappa shape index (κ2) is 8.65. The molecule has 4 rings (SSSR count). The number of hydrogen-bond donors (Lipinski definition) is 1. The van der Waals surface area contributed by atoms with E-state index in [1.807, 2.05) is 0 Å². The topological polar surface area (TPSA) is 62.6 Å². The number of thioether (sulfide) groups is 1. The third kappa shape index (κ3) is 4.15. The van der Waals surface area contributed by atoms with Crippen molar-refractivity contribution in [2.24, 2.45) is 0 Å². The number of halogens is 2. The third-order valence-corrected chi connectivity index (χ3v) is 6.28. The van der Waals surface area contributed by atoms with Crippen molar-refractivity contribution in [3.05, 3.63) is 86.9 Å². The molecule has 0 unspecified atom stereocenters. The van der Waals surface area contributed by atoms with Gasteiger partial charge in [0.25, 0.3) is 11.8 Å². The van der Waals surface area contributed by atoms with Gasteiger partial charge in [0.15, 0.2) is 4.32 Å². The quantitative estimate of drug-likeness (QED) is 0.382. The minimum Gasteiger partial charge on any atom is -0.457 e. The molecule has 0 spiro atoms. The second-order valence-corrected chi connectivity index (χ2v) is 8.59. The number of amides is 2. The lowest BCUT2D eigenvalue weighted by Crippen LogP contribution is -2.44. The van der Waals surface area contributed by atoms with Crippen LogP contribution in [0.3, 0.4) is 0 Å². The lowest BCUT2D eigenvalue weighted by Gasteiger charge is -2.15. The van der Waals surface area contributed by atoms with Gasteiger partial charge in [0.05, 0.1) is 15.0 Å². The molecule has 1 aromatic heterocycles. The predicted octanol–water partition coefficient (Wildman–Crippen LogP) is 5.80. The van der Waals surface area contributed by atoms with Gasteiger partial charge in [-0.2, -0.15) is 5.01 Å². The van der Waals surface area contributed by atoms with Crippen LogP contribution < -0.4 is 5.43 Å². The van der Waals surface area contributed by atoms with Gasteiger partial charge >= 0.3 is 0 Å². The summed E-state index contributed by atoms with van der Waals surface area (Å²) in [7, 11) is 0. The molecule has 9 heteroatoms. The van der Waals surface area contributed by atoms with Gasteiger partial charge < -0.3 is 4.42 Å². The summed E-state index contributed by atoms with van der Waals surface area (Å²) in [6, 6.07) is 17.3. The van der Waals surface area contributed by atoms with Crippen molar-refractivity contribution >= 4 is 69.4 Å². The number of rotatable bonds is 4. The van der Waals surface area contributed by atoms with E-state index in [4.69, 9.17) is 39.8 Å². The van der Waals surface area contributed by atoms with Crippen LogP contribution in [0.25, 0.3) is 17.4 Å². The van der Waals surface area contributed by atoms with Crippen molar-refractivity contribution in [1.29, 1.82) is 0 Å². The lowest BCUT2D eigenvalue weighted by atomic mass is 10.2. The summed E-state index contributed by atoms with van der Waals surface area (Å²) in [4.78, 5) is 25.4. The molecule has 2 heterocycles. The Labute approximate surface area is 191 Å². The number of nitrogens with zero attached hydrogens (tertiary/aromatic N) is 1. The highest BCUT2D eigenvalue weighted by Gasteiger charge is 2.34. The Hall–Kier alpha value is -2.58. The Balaban J connectivity index is 1.53. The molecule has 2 amide bonds.